The molecule has 0 aliphatic carbocycles. The molecule has 0 aromatic carbocycles. The predicted octanol–water partition coefficient (Wildman–Crippen LogP) is 3.31. The number of aromatic nitrogens is 2. The van der Waals surface area contributed by atoms with Gasteiger partial charge in [0.25, 0.3) is 0 Å². The zero-order chi connectivity index (χ0) is 11.5. The number of hydrogen-bond donors (Lipinski definition) is 1. The van der Waals surface area contributed by atoms with Crippen molar-refractivity contribution in [2.45, 2.75) is 19.8 Å². The zero-order valence-corrected chi connectivity index (χ0v) is 10.4. The molecule has 0 aliphatic rings. The highest BCUT2D eigenvalue weighted by Gasteiger charge is 2.06. The van der Waals surface area contributed by atoms with Crippen LogP contribution in [0, 0.1) is 0 Å². The third-order valence-corrected chi connectivity index (χ3v) is 3.45. The summed E-state index contributed by atoms with van der Waals surface area (Å²) in [4.78, 5) is 19.3. The van der Waals surface area contributed by atoms with Crippen molar-refractivity contribution in [3.63, 3.8) is 0 Å². The maximum atomic E-state index is 10.8. The summed E-state index contributed by atoms with van der Waals surface area (Å²) in [6.45, 7) is 1.59. The number of ketones is 1. The number of H-pyrrole nitrogens is 1. The minimum Gasteiger partial charge on any atom is -0.341 e. The summed E-state index contributed by atoms with van der Waals surface area (Å²) in [5.41, 5.74) is 0.954. The Labute approximate surface area is 102 Å². The normalized spacial score (nSPS) is 10.6. The topological polar surface area (TPSA) is 45.8 Å². The molecule has 0 aliphatic heterocycles. The van der Waals surface area contributed by atoms with Crippen molar-refractivity contribution in [3.05, 3.63) is 28.5 Å². The first-order valence-corrected chi connectivity index (χ1v) is 6.13. The Morgan fingerprint density at radius 1 is 1.56 bits per heavy atom. The van der Waals surface area contributed by atoms with Crippen LogP contribution in [0.3, 0.4) is 0 Å². The molecular formula is C11H11ClN2OS. The highest BCUT2D eigenvalue weighted by Crippen LogP contribution is 2.29. The van der Waals surface area contributed by atoms with Gasteiger partial charge in [0.2, 0.25) is 0 Å². The van der Waals surface area contributed by atoms with Gasteiger partial charge in [0, 0.05) is 12.8 Å². The predicted molar refractivity (Wildman–Crippen MR) is 65.9 cm³/mol. The fourth-order valence-corrected chi connectivity index (χ4v) is 2.38. The van der Waals surface area contributed by atoms with Crippen LogP contribution in [0.15, 0.2) is 18.3 Å². The number of halogens is 1. The van der Waals surface area contributed by atoms with E-state index < -0.39 is 0 Å². The van der Waals surface area contributed by atoms with Crippen LogP contribution >= 0.6 is 22.9 Å². The summed E-state index contributed by atoms with van der Waals surface area (Å²) in [6, 6.07) is 3.81. The number of nitrogens with zero attached hydrogens (tertiary/aromatic N) is 1. The Bertz CT molecular complexity index is 504. The van der Waals surface area contributed by atoms with E-state index in [0.29, 0.717) is 12.8 Å². The molecule has 1 N–H and O–H groups in total. The molecule has 0 saturated carbocycles. The first kappa shape index (κ1) is 11.4. The van der Waals surface area contributed by atoms with Gasteiger partial charge in [-0.25, -0.2) is 4.98 Å². The van der Waals surface area contributed by atoms with Gasteiger partial charge in [-0.15, -0.1) is 11.3 Å². The van der Waals surface area contributed by atoms with Crippen LogP contribution in [0.25, 0.3) is 10.6 Å². The van der Waals surface area contributed by atoms with Crippen molar-refractivity contribution in [1.82, 2.24) is 9.97 Å². The number of carbonyl (C=O) groups excluding carboxylic acids is 1. The van der Waals surface area contributed by atoms with Crippen molar-refractivity contribution in [2.75, 3.05) is 0 Å². The summed E-state index contributed by atoms with van der Waals surface area (Å²) in [5, 5.41) is 0. The number of thiophene rings is 1. The number of hydrogen-bond acceptors (Lipinski definition) is 3. The molecule has 0 radical (unpaired) electrons. The highest BCUT2D eigenvalue weighted by atomic mass is 35.5. The van der Waals surface area contributed by atoms with Crippen molar-refractivity contribution < 1.29 is 4.79 Å². The van der Waals surface area contributed by atoms with Crippen LogP contribution in [0.2, 0.25) is 4.34 Å². The molecule has 0 fully saturated rings. The average molecular weight is 255 g/mol. The van der Waals surface area contributed by atoms with Gasteiger partial charge in [0.05, 0.1) is 21.1 Å². The van der Waals surface area contributed by atoms with E-state index in [1.165, 1.54) is 11.3 Å². The van der Waals surface area contributed by atoms with Crippen molar-refractivity contribution in [1.29, 1.82) is 0 Å². The van der Waals surface area contributed by atoms with E-state index in [0.717, 1.165) is 20.7 Å². The number of Topliss-reactive ketones (excluding diaryl/α,β-unsaturated/α-hetero) is 1. The molecule has 2 aromatic heterocycles. The molecule has 0 atom stereocenters. The summed E-state index contributed by atoms with van der Waals surface area (Å²) < 4.78 is 0.759. The third kappa shape index (κ3) is 2.71. The number of rotatable bonds is 4. The molecule has 0 amide bonds. The van der Waals surface area contributed by atoms with E-state index in [1.54, 1.807) is 13.1 Å². The average Bonchev–Trinajstić information content (AvgIpc) is 2.83. The van der Waals surface area contributed by atoms with Crippen LogP contribution in [0.1, 0.15) is 19.2 Å². The molecule has 3 nitrogen and oxygen atoms in total. The molecule has 0 spiro atoms. The first-order chi connectivity index (χ1) is 7.65. The second-order valence-corrected chi connectivity index (χ2v) is 5.26. The van der Waals surface area contributed by atoms with Gasteiger partial charge < -0.3 is 9.78 Å². The molecule has 0 bridgehead atoms. The summed E-state index contributed by atoms with van der Waals surface area (Å²) in [6.07, 6.45) is 2.96. The number of nitrogens with one attached hydrogen (secondary N) is 1. The first-order valence-electron chi connectivity index (χ1n) is 4.94. The maximum Gasteiger partial charge on any atom is 0.130 e. The molecule has 84 valence electrons. The van der Waals surface area contributed by atoms with Crippen LogP contribution < -0.4 is 0 Å². The van der Waals surface area contributed by atoms with Gasteiger partial charge in [-0.1, -0.05) is 11.6 Å². The minimum atomic E-state index is 0.178. The summed E-state index contributed by atoms with van der Waals surface area (Å²) >= 11 is 7.37. The van der Waals surface area contributed by atoms with Crippen LogP contribution in [-0.4, -0.2) is 15.8 Å². The monoisotopic (exact) mass is 254 g/mol. The van der Waals surface area contributed by atoms with Crippen LogP contribution in [-0.2, 0) is 11.2 Å². The van der Waals surface area contributed by atoms with E-state index in [1.807, 2.05) is 12.1 Å². The van der Waals surface area contributed by atoms with Crippen molar-refractivity contribution >= 4 is 28.7 Å². The van der Waals surface area contributed by atoms with Crippen LogP contribution in [0.5, 0.6) is 0 Å². The Morgan fingerprint density at radius 2 is 2.38 bits per heavy atom. The minimum absolute atomic E-state index is 0.178. The number of imidazole rings is 1. The standard InChI is InChI=1S/C11H11ClN2OS/c1-7(15)2-5-11-13-6-8(14-11)9-3-4-10(12)16-9/h3-4,6H,2,5H2,1H3,(H,13,14). The molecular weight excluding hydrogens is 244 g/mol. The highest BCUT2D eigenvalue weighted by molar-refractivity contribution is 7.19. The smallest absolute Gasteiger partial charge is 0.130 e. The third-order valence-electron chi connectivity index (χ3n) is 2.18. The molecule has 2 aromatic rings. The fourth-order valence-electron chi connectivity index (χ4n) is 1.37. The van der Waals surface area contributed by atoms with Gasteiger partial charge in [-0.3, -0.25) is 0 Å². The van der Waals surface area contributed by atoms with Gasteiger partial charge in [-0.2, -0.15) is 0 Å². The van der Waals surface area contributed by atoms with Crippen molar-refractivity contribution in [3.8, 4) is 10.6 Å². The quantitative estimate of drug-likeness (QED) is 0.910. The van der Waals surface area contributed by atoms with E-state index in [9.17, 15) is 4.79 Å². The van der Waals surface area contributed by atoms with E-state index in [2.05, 4.69) is 9.97 Å². The largest absolute Gasteiger partial charge is 0.341 e. The van der Waals surface area contributed by atoms with E-state index >= 15 is 0 Å². The number of aryl methyl sites for hydroxylation is 1. The zero-order valence-electron chi connectivity index (χ0n) is 8.79. The maximum absolute atomic E-state index is 10.8. The van der Waals surface area contributed by atoms with Gasteiger partial charge in [-0.05, 0) is 19.1 Å². The molecule has 2 rings (SSSR count). The lowest BCUT2D eigenvalue weighted by Crippen LogP contribution is -1.95. The lowest BCUT2D eigenvalue weighted by molar-refractivity contribution is -0.117. The summed E-state index contributed by atoms with van der Waals surface area (Å²) in [5.74, 6) is 1.02. The van der Waals surface area contributed by atoms with Gasteiger partial charge >= 0.3 is 0 Å². The van der Waals surface area contributed by atoms with Gasteiger partial charge in [0.15, 0.2) is 0 Å². The second-order valence-electron chi connectivity index (χ2n) is 3.55. The molecule has 16 heavy (non-hydrogen) atoms. The lowest BCUT2D eigenvalue weighted by Gasteiger charge is -1.93. The Kier molecular flexibility index (Phi) is 3.41. The molecule has 5 heteroatoms. The Balaban J connectivity index is 2.10. The fraction of sp³-hybridized carbons (Fsp3) is 0.273. The molecule has 0 saturated heterocycles. The lowest BCUT2D eigenvalue weighted by atomic mass is 10.2. The summed E-state index contributed by atoms with van der Waals surface area (Å²) in [7, 11) is 0. The van der Waals surface area contributed by atoms with E-state index in [-0.39, 0.29) is 5.78 Å². The molecule has 2 heterocycles. The Hall–Kier alpha value is -1.13. The number of aromatic amines is 1. The Morgan fingerprint density at radius 3 is 3.00 bits per heavy atom. The number of carbonyl (C=O) groups is 1. The van der Waals surface area contributed by atoms with E-state index in [4.69, 9.17) is 11.6 Å². The van der Waals surface area contributed by atoms with Crippen molar-refractivity contribution in [2.24, 2.45) is 0 Å². The molecule has 0 unspecified atom stereocenters. The SMILES string of the molecule is CC(=O)CCc1ncc(-c2ccc(Cl)s2)[nH]1. The van der Waals surface area contributed by atoms with Crippen LogP contribution in [0.4, 0.5) is 0 Å². The second kappa shape index (κ2) is 4.80. The van der Waals surface area contributed by atoms with Gasteiger partial charge in [0.1, 0.15) is 11.6 Å².